The third-order valence-electron chi connectivity index (χ3n) is 4.13. The van der Waals surface area contributed by atoms with Crippen LogP contribution in [0.2, 0.25) is 0 Å². The molecule has 1 aromatic rings. The van der Waals surface area contributed by atoms with Gasteiger partial charge in [0.15, 0.2) is 0 Å². The highest BCUT2D eigenvalue weighted by molar-refractivity contribution is 5.54. The lowest BCUT2D eigenvalue weighted by Crippen LogP contribution is -2.47. The molecule has 0 unspecified atom stereocenters. The quantitative estimate of drug-likeness (QED) is 0.898. The van der Waals surface area contributed by atoms with Gasteiger partial charge in [0.1, 0.15) is 5.82 Å². The number of rotatable bonds is 5. The summed E-state index contributed by atoms with van der Waals surface area (Å²) in [5, 5.41) is 0. The average Bonchev–Trinajstić information content (AvgIpc) is 3.31. The largest absolute Gasteiger partial charge is 0.476 e. The number of aromatic nitrogens is 1. The summed E-state index contributed by atoms with van der Waals surface area (Å²) in [6, 6.07) is 4.77. The minimum Gasteiger partial charge on any atom is -0.476 e. The molecular formula is C16H26N4O. The Bertz CT molecular complexity index is 479. The van der Waals surface area contributed by atoms with E-state index in [1.807, 2.05) is 12.1 Å². The van der Waals surface area contributed by atoms with Crippen LogP contribution in [-0.4, -0.2) is 48.7 Å². The topological polar surface area (TPSA) is 54.6 Å². The first-order chi connectivity index (χ1) is 10.1. The van der Waals surface area contributed by atoms with E-state index in [1.165, 1.54) is 12.8 Å². The predicted octanol–water partition coefficient (Wildman–Crippen LogP) is 1.98. The first kappa shape index (κ1) is 14.4. The number of anilines is 2. The van der Waals surface area contributed by atoms with Gasteiger partial charge in [-0.3, -0.25) is 4.90 Å². The summed E-state index contributed by atoms with van der Waals surface area (Å²) < 4.78 is 5.73. The van der Waals surface area contributed by atoms with Gasteiger partial charge in [-0.1, -0.05) is 13.8 Å². The van der Waals surface area contributed by atoms with Crippen LogP contribution in [0.15, 0.2) is 12.1 Å². The summed E-state index contributed by atoms with van der Waals surface area (Å²) >= 11 is 0. The predicted molar refractivity (Wildman–Crippen MR) is 85.8 cm³/mol. The molecule has 21 heavy (non-hydrogen) atoms. The minimum absolute atomic E-state index is 0.469. The molecule has 2 aliphatic rings. The van der Waals surface area contributed by atoms with E-state index >= 15 is 0 Å². The van der Waals surface area contributed by atoms with Gasteiger partial charge in [-0.25, -0.2) is 0 Å². The first-order valence-corrected chi connectivity index (χ1v) is 8.02. The van der Waals surface area contributed by atoms with Gasteiger partial charge in [-0.05, 0) is 30.9 Å². The van der Waals surface area contributed by atoms with Crippen molar-refractivity contribution in [3.05, 3.63) is 12.1 Å². The Morgan fingerprint density at radius 3 is 2.57 bits per heavy atom. The highest BCUT2D eigenvalue weighted by Gasteiger charge is 2.31. The second-order valence-electron chi connectivity index (χ2n) is 6.52. The summed E-state index contributed by atoms with van der Waals surface area (Å²) in [6.45, 7) is 9.25. The summed E-state index contributed by atoms with van der Waals surface area (Å²) in [4.78, 5) is 9.55. The molecule has 0 aromatic carbocycles. The third kappa shape index (κ3) is 3.59. The Kier molecular flexibility index (Phi) is 4.19. The molecule has 0 spiro atoms. The molecule has 3 rings (SSSR count). The summed E-state index contributed by atoms with van der Waals surface area (Å²) in [7, 11) is 0. The lowest BCUT2D eigenvalue weighted by atomic mass is 10.2. The molecule has 116 valence electrons. The number of piperazine rings is 1. The molecule has 0 radical (unpaired) electrons. The Balaban J connectivity index is 1.63. The highest BCUT2D eigenvalue weighted by Crippen LogP contribution is 2.29. The monoisotopic (exact) mass is 290 g/mol. The van der Waals surface area contributed by atoms with Crippen LogP contribution in [0, 0.1) is 5.92 Å². The van der Waals surface area contributed by atoms with E-state index in [0.717, 1.165) is 38.0 Å². The molecule has 1 aliphatic carbocycles. The number of nitrogens with zero attached hydrogens (tertiary/aromatic N) is 3. The fraction of sp³-hybridized carbons (Fsp3) is 0.688. The van der Waals surface area contributed by atoms with Crippen LogP contribution in [0.4, 0.5) is 11.5 Å². The van der Waals surface area contributed by atoms with Gasteiger partial charge in [0.2, 0.25) is 5.88 Å². The fourth-order valence-corrected chi connectivity index (χ4v) is 2.73. The van der Waals surface area contributed by atoms with Crippen LogP contribution in [0.25, 0.3) is 0 Å². The molecule has 1 saturated heterocycles. The second-order valence-corrected chi connectivity index (χ2v) is 6.52. The maximum atomic E-state index is 5.96. The number of nitrogen functional groups attached to an aromatic ring is 1. The minimum atomic E-state index is 0.469. The van der Waals surface area contributed by atoms with Crippen molar-refractivity contribution in [2.45, 2.75) is 32.7 Å². The molecule has 1 saturated carbocycles. The summed E-state index contributed by atoms with van der Waals surface area (Å²) in [6.07, 6.45) is 2.76. The highest BCUT2D eigenvalue weighted by atomic mass is 16.5. The lowest BCUT2D eigenvalue weighted by molar-refractivity contribution is 0.246. The van der Waals surface area contributed by atoms with Gasteiger partial charge >= 0.3 is 0 Å². The first-order valence-electron chi connectivity index (χ1n) is 8.02. The maximum Gasteiger partial charge on any atom is 0.239 e. The Morgan fingerprint density at radius 1 is 1.24 bits per heavy atom. The van der Waals surface area contributed by atoms with Gasteiger partial charge in [-0.2, -0.15) is 4.98 Å². The van der Waals surface area contributed by atoms with Crippen molar-refractivity contribution in [3.8, 4) is 5.88 Å². The maximum absolute atomic E-state index is 5.96. The van der Waals surface area contributed by atoms with Gasteiger partial charge in [-0.15, -0.1) is 0 Å². The van der Waals surface area contributed by atoms with Crippen molar-refractivity contribution in [2.75, 3.05) is 43.4 Å². The zero-order valence-corrected chi connectivity index (χ0v) is 13.1. The van der Waals surface area contributed by atoms with Crippen LogP contribution in [-0.2, 0) is 0 Å². The van der Waals surface area contributed by atoms with Crippen molar-refractivity contribution in [1.82, 2.24) is 9.88 Å². The Labute approximate surface area is 127 Å². The van der Waals surface area contributed by atoms with E-state index < -0.39 is 0 Å². The smallest absolute Gasteiger partial charge is 0.239 e. The van der Waals surface area contributed by atoms with E-state index in [2.05, 4.69) is 28.6 Å². The van der Waals surface area contributed by atoms with E-state index in [9.17, 15) is 0 Å². The second kappa shape index (κ2) is 6.10. The molecule has 0 bridgehead atoms. The number of hydrogen-bond acceptors (Lipinski definition) is 5. The van der Waals surface area contributed by atoms with Crippen molar-refractivity contribution < 1.29 is 4.74 Å². The number of hydrogen-bond donors (Lipinski definition) is 1. The lowest BCUT2D eigenvalue weighted by Gasteiger charge is -2.35. The zero-order valence-electron chi connectivity index (χ0n) is 13.1. The molecule has 5 heteroatoms. The SMILES string of the molecule is CC(C)COc1nc(N2CCN(C3CC3)CC2)ccc1N. The molecule has 2 N–H and O–H groups in total. The molecule has 0 atom stereocenters. The molecular weight excluding hydrogens is 264 g/mol. The number of pyridine rings is 1. The van der Waals surface area contributed by atoms with Crippen LogP contribution < -0.4 is 15.4 Å². The number of ether oxygens (including phenoxy) is 1. The molecule has 1 aromatic heterocycles. The van der Waals surface area contributed by atoms with Crippen LogP contribution in [0.5, 0.6) is 5.88 Å². The van der Waals surface area contributed by atoms with Crippen molar-refractivity contribution >= 4 is 11.5 Å². The van der Waals surface area contributed by atoms with Crippen molar-refractivity contribution in [2.24, 2.45) is 5.92 Å². The molecule has 5 nitrogen and oxygen atoms in total. The van der Waals surface area contributed by atoms with E-state index in [0.29, 0.717) is 24.1 Å². The molecule has 1 aliphatic heterocycles. The molecule has 0 amide bonds. The standard InChI is InChI=1S/C16H26N4O/c1-12(2)11-21-16-14(17)5-6-15(18-16)20-9-7-19(8-10-20)13-3-4-13/h5-6,12-13H,3-4,7-11,17H2,1-2H3. The van der Waals surface area contributed by atoms with E-state index in [-0.39, 0.29) is 0 Å². The summed E-state index contributed by atoms with van der Waals surface area (Å²) in [5.74, 6) is 2.03. The van der Waals surface area contributed by atoms with Crippen LogP contribution in [0.1, 0.15) is 26.7 Å². The van der Waals surface area contributed by atoms with E-state index in [1.54, 1.807) is 0 Å². The van der Waals surface area contributed by atoms with Gasteiger partial charge in [0.05, 0.1) is 12.3 Å². The summed E-state index contributed by atoms with van der Waals surface area (Å²) in [5.41, 5.74) is 6.58. The molecule has 2 fully saturated rings. The van der Waals surface area contributed by atoms with Crippen molar-refractivity contribution in [1.29, 1.82) is 0 Å². The normalized spacial score (nSPS) is 20.0. The fourth-order valence-electron chi connectivity index (χ4n) is 2.73. The van der Waals surface area contributed by atoms with Gasteiger partial charge < -0.3 is 15.4 Å². The van der Waals surface area contributed by atoms with Crippen molar-refractivity contribution in [3.63, 3.8) is 0 Å². The molecule has 2 heterocycles. The third-order valence-corrected chi connectivity index (χ3v) is 4.13. The zero-order chi connectivity index (χ0) is 14.8. The van der Waals surface area contributed by atoms with Gasteiger partial charge in [0.25, 0.3) is 0 Å². The van der Waals surface area contributed by atoms with E-state index in [4.69, 9.17) is 10.5 Å². The number of nitrogens with two attached hydrogens (primary N) is 1. The van der Waals surface area contributed by atoms with Crippen LogP contribution >= 0.6 is 0 Å². The van der Waals surface area contributed by atoms with Crippen LogP contribution in [0.3, 0.4) is 0 Å². The Hall–Kier alpha value is -1.49. The Morgan fingerprint density at radius 2 is 1.95 bits per heavy atom. The van der Waals surface area contributed by atoms with Gasteiger partial charge in [0, 0.05) is 32.2 Å². The average molecular weight is 290 g/mol.